The maximum atomic E-state index is 12.3. The highest BCUT2D eigenvalue weighted by atomic mass is 16.5. The quantitative estimate of drug-likeness (QED) is 0.380. The van der Waals surface area contributed by atoms with E-state index in [2.05, 4.69) is 33.8 Å². The molecule has 0 saturated heterocycles. The molecular weight excluding hydrogens is 430 g/mol. The van der Waals surface area contributed by atoms with Gasteiger partial charge in [-0.2, -0.15) is 0 Å². The smallest absolute Gasteiger partial charge is 0.341 e. The topological polar surface area (TPSA) is 107 Å². The van der Waals surface area contributed by atoms with Crippen molar-refractivity contribution in [1.82, 2.24) is 9.55 Å². The number of hydrogen-bond donors (Lipinski definition) is 2. The normalized spacial score (nSPS) is 11.1. The van der Waals surface area contributed by atoms with E-state index in [1.165, 1.54) is 6.20 Å². The molecule has 0 radical (unpaired) electrons. The number of benzene rings is 3. The average Bonchev–Trinajstić information content (AvgIpc) is 3.17. The third kappa shape index (κ3) is 3.73. The molecule has 0 saturated carbocycles. The minimum absolute atomic E-state index is 0.286. The number of nitrogens with zero attached hydrogens (tertiary/aromatic N) is 2. The Labute approximate surface area is 195 Å². The van der Waals surface area contributed by atoms with E-state index in [1.54, 1.807) is 18.3 Å². The van der Waals surface area contributed by atoms with Gasteiger partial charge in [0.1, 0.15) is 5.75 Å². The highest BCUT2D eigenvalue weighted by molar-refractivity contribution is 6.19. The summed E-state index contributed by atoms with van der Waals surface area (Å²) < 4.78 is 7.61. The Balaban J connectivity index is 1.76. The van der Waals surface area contributed by atoms with Gasteiger partial charge in [0.2, 0.25) is 5.91 Å². The number of primary amides is 1. The molecule has 168 valence electrons. The Morgan fingerprint density at radius 1 is 0.882 bits per heavy atom. The number of ether oxygens (including phenoxy) is 1. The lowest BCUT2D eigenvalue weighted by Crippen LogP contribution is -2.11. The molecule has 5 aromatic rings. The molecule has 0 atom stereocenters. The van der Waals surface area contributed by atoms with Crippen LogP contribution in [0.15, 0.2) is 85.2 Å². The lowest BCUT2D eigenvalue weighted by Gasteiger charge is -2.13. The molecule has 5 rings (SSSR count). The predicted octanol–water partition coefficient (Wildman–Crippen LogP) is 4.47. The van der Waals surface area contributed by atoms with Gasteiger partial charge in [-0.05, 0) is 28.8 Å². The van der Waals surface area contributed by atoms with Crippen molar-refractivity contribution in [2.24, 2.45) is 5.73 Å². The van der Waals surface area contributed by atoms with Crippen LogP contribution in [0.1, 0.15) is 15.9 Å². The van der Waals surface area contributed by atoms with Crippen LogP contribution in [-0.2, 0) is 11.3 Å². The number of nitrogens with two attached hydrogens (primary N) is 1. The van der Waals surface area contributed by atoms with Crippen LogP contribution in [0, 0.1) is 0 Å². The zero-order valence-corrected chi connectivity index (χ0v) is 18.1. The van der Waals surface area contributed by atoms with E-state index in [-0.39, 0.29) is 5.75 Å². The number of hydrogen-bond acceptors (Lipinski definition) is 4. The number of amides is 1. The molecule has 7 heteroatoms. The zero-order valence-electron chi connectivity index (χ0n) is 18.1. The van der Waals surface area contributed by atoms with Gasteiger partial charge < -0.3 is 20.1 Å². The monoisotopic (exact) mass is 451 g/mol. The number of carboxylic acids is 1. The zero-order chi connectivity index (χ0) is 23.7. The average molecular weight is 451 g/mol. The molecule has 3 aromatic carbocycles. The van der Waals surface area contributed by atoms with Gasteiger partial charge in [-0.25, -0.2) is 4.79 Å². The summed E-state index contributed by atoms with van der Waals surface area (Å²) in [5.74, 6) is -1.39. The first-order valence-corrected chi connectivity index (χ1v) is 10.7. The number of carbonyl (C=O) groups is 2. The van der Waals surface area contributed by atoms with E-state index in [1.807, 2.05) is 36.4 Å². The van der Waals surface area contributed by atoms with Crippen LogP contribution in [0.4, 0.5) is 0 Å². The van der Waals surface area contributed by atoms with E-state index in [0.717, 1.165) is 27.7 Å². The van der Waals surface area contributed by atoms with E-state index in [9.17, 15) is 9.59 Å². The fraction of sp³-hybridized carbons (Fsp3) is 0.0741. The summed E-state index contributed by atoms with van der Waals surface area (Å²) in [6.45, 7) is -0.0274. The molecule has 34 heavy (non-hydrogen) atoms. The van der Waals surface area contributed by atoms with Gasteiger partial charge >= 0.3 is 5.97 Å². The van der Waals surface area contributed by atoms with Crippen LogP contribution in [0.5, 0.6) is 5.75 Å². The summed E-state index contributed by atoms with van der Waals surface area (Å²) in [5.41, 5.74) is 10.8. The van der Waals surface area contributed by atoms with Crippen LogP contribution in [0.25, 0.3) is 32.9 Å². The van der Waals surface area contributed by atoms with Crippen LogP contribution in [0.3, 0.4) is 0 Å². The van der Waals surface area contributed by atoms with Crippen molar-refractivity contribution in [3.05, 3.63) is 96.3 Å². The van der Waals surface area contributed by atoms with Crippen molar-refractivity contribution < 1.29 is 19.4 Å². The van der Waals surface area contributed by atoms with Crippen molar-refractivity contribution in [1.29, 1.82) is 0 Å². The Hall–Kier alpha value is -4.65. The number of fused-ring (bicyclic) bond motifs is 3. The van der Waals surface area contributed by atoms with Crippen molar-refractivity contribution in [3.63, 3.8) is 0 Å². The lowest BCUT2D eigenvalue weighted by atomic mass is 9.99. The van der Waals surface area contributed by atoms with Crippen LogP contribution >= 0.6 is 0 Å². The molecule has 2 heterocycles. The van der Waals surface area contributed by atoms with Crippen LogP contribution in [0.2, 0.25) is 0 Å². The summed E-state index contributed by atoms with van der Waals surface area (Å²) in [4.78, 5) is 27.7. The Morgan fingerprint density at radius 2 is 1.65 bits per heavy atom. The third-order valence-electron chi connectivity index (χ3n) is 5.81. The molecular formula is C27H21N3O4. The standard InChI is InChI=1S/C27H21N3O4/c28-27(33)20-11-6-12-21-25(20)26-22(13-29-14-23(26)34-16-24(31)32)30(21)15-18-9-4-5-10-19(18)17-7-2-1-3-8-17/h1-14H,15-16H2,(H2,28,33)(H,31,32). The predicted molar refractivity (Wildman–Crippen MR) is 130 cm³/mol. The molecule has 0 spiro atoms. The summed E-state index contributed by atoms with van der Waals surface area (Å²) >= 11 is 0. The maximum Gasteiger partial charge on any atom is 0.341 e. The summed E-state index contributed by atoms with van der Waals surface area (Å²) in [6, 6.07) is 23.6. The number of pyridine rings is 1. The van der Waals surface area contributed by atoms with Gasteiger partial charge in [-0.15, -0.1) is 0 Å². The van der Waals surface area contributed by atoms with E-state index in [4.69, 9.17) is 15.6 Å². The number of carboxylic acid groups (broad SMARTS) is 1. The maximum absolute atomic E-state index is 12.3. The summed E-state index contributed by atoms with van der Waals surface area (Å²) in [5, 5.41) is 10.3. The Bertz CT molecular complexity index is 1540. The fourth-order valence-corrected chi connectivity index (χ4v) is 4.40. The van der Waals surface area contributed by atoms with Gasteiger partial charge in [-0.3, -0.25) is 9.78 Å². The molecule has 2 aromatic heterocycles. The largest absolute Gasteiger partial charge is 0.480 e. The van der Waals surface area contributed by atoms with Gasteiger partial charge in [-0.1, -0.05) is 60.7 Å². The number of carbonyl (C=O) groups excluding carboxylic acids is 1. The second kappa shape index (κ2) is 8.71. The van der Waals surface area contributed by atoms with Crippen molar-refractivity contribution in [3.8, 4) is 16.9 Å². The molecule has 3 N–H and O–H groups in total. The third-order valence-corrected chi connectivity index (χ3v) is 5.81. The van der Waals surface area contributed by atoms with Crippen molar-refractivity contribution in [2.75, 3.05) is 6.61 Å². The summed E-state index contributed by atoms with van der Waals surface area (Å²) in [7, 11) is 0. The number of rotatable bonds is 7. The molecule has 0 bridgehead atoms. The minimum Gasteiger partial charge on any atom is -0.480 e. The second-order valence-electron chi connectivity index (χ2n) is 7.89. The Kier molecular flexibility index (Phi) is 5.43. The second-order valence-corrected chi connectivity index (χ2v) is 7.89. The molecule has 7 nitrogen and oxygen atoms in total. The number of aliphatic carboxylic acids is 1. The summed E-state index contributed by atoms with van der Waals surface area (Å²) in [6.07, 6.45) is 3.16. The van der Waals surface area contributed by atoms with Crippen molar-refractivity contribution in [2.45, 2.75) is 6.54 Å². The van der Waals surface area contributed by atoms with Gasteiger partial charge in [0.05, 0.1) is 28.8 Å². The van der Waals surface area contributed by atoms with E-state index in [0.29, 0.717) is 22.9 Å². The molecule has 0 aliphatic heterocycles. The number of aromatic nitrogens is 2. The SMILES string of the molecule is NC(=O)c1cccc2c1c1c(OCC(=O)O)cncc1n2Cc1ccccc1-c1ccccc1. The molecule has 0 aliphatic carbocycles. The first kappa shape index (κ1) is 21.2. The molecule has 1 amide bonds. The van der Waals surface area contributed by atoms with Gasteiger partial charge in [0, 0.05) is 17.5 Å². The van der Waals surface area contributed by atoms with Crippen LogP contribution < -0.4 is 10.5 Å². The van der Waals surface area contributed by atoms with Crippen molar-refractivity contribution >= 4 is 33.7 Å². The first-order chi connectivity index (χ1) is 16.5. The first-order valence-electron chi connectivity index (χ1n) is 10.7. The molecule has 0 fully saturated rings. The minimum atomic E-state index is -1.10. The Morgan fingerprint density at radius 3 is 2.41 bits per heavy atom. The van der Waals surface area contributed by atoms with Gasteiger partial charge in [0.25, 0.3) is 0 Å². The highest BCUT2D eigenvalue weighted by Crippen LogP contribution is 2.38. The molecule has 0 aliphatic rings. The fourth-order valence-electron chi connectivity index (χ4n) is 4.40. The van der Waals surface area contributed by atoms with Crippen LogP contribution in [-0.4, -0.2) is 33.1 Å². The van der Waals surface area contributed by atoms with E-state index < -0.39 is 18.5 Å². The lowest BCUT2D eigenvalue weighted by molar-refractivity contribution is -0.139. The highest BCUT2D eigenvalue weighted by Gasteiger charge is 2.21. The van der Waals surface area contributed by atoms with E-state index >= 15 is 0 Å². The molecule has 0 unspecified atom stereocenters. The van der Waals surface area contributed by atoms with Gasteiger partial charge in [0.15, 0.2) is 6.61 Å².